The van der Waals surface area contributed by atoms with Crippen LogP contribution in [0.1, 0.15) is 36.6 Å². The summed E-state index contributed by atoms with van der Waals surface area (Å²) in [4.78, 5) is 0. The molecule has 2 aromatic heterocycles. The fraction of sp³-hybridized carbons (Fsp3) is 0.500. The molecule has 2 heterocycles. The van der Waals surface area contributed by atoms with Crippen LogP contribution in [0.2, 0.25) is 0 Å². The molecule has 0 unspecified atom stereocenters. The van der Waals surface area contributed by atoms with Crippen LogP contribution in [0.15, 0.2) is 18.3 Å². The third-order valence-corrected chi connectivity index (χ3v) is 3.17. The topological polar surface area (TPSA) is 26.5 Å². The number of nitrogens with zero attached hydrogens (tertiary/aromatic N) is 2. The van der Waals surface area contributed by atoms with Crippen molar-refractivity contribution in [3.8, 4) is 0 Å². The Balaban J connectivity index is 2.55. The highest BCUT2D eigenvalue weighted by Gasteiger charge is 2.38. The average Bonchev–Trinajstić information content (AvgIpc) is 2.74. The van der Waals surface area contributed by atoms with E-state index in [9.17, 15) is 13.2 Å². The van der Waals surface area contributed by atoms with Crippen molar-refractivity contribution >= 4 is 5.52 Å². The van der Waals surface area contributed by atoms with Crippen LogP contribution in [0, 0.1) is 0 Å². The van der Waals surface area contributed by atoms with Crippen LogP contribution in [0.3, 0.4) is 0 Å². The van der Waals surface area contributed by atoms with Crippen molar-refractivity contribution < 1.29 is 17.9 Å². The lowest BCUT2D eigenvalue weighted by atomic mass is 10.0. The number of pyridine rings is 1. The lowest BCUT2D eigenvalue weighted by molar-refractivity contribution is -0.142. The van der Waals surface area contributed by atoms with Crippen molar-refractivity contribution in [2.24, 2.45) is 0 Å². The van der Waals surface area contributed by atoms with Gasteiger partial charge in [-0.25, -0.2) is 4.52 Å². The van der Waals surface area contributed by atoms with E-state index in [1.807, 2.05) is 6.07 Å². The van der Waals surface area contributed by atoms with E-state index < -0.39 is 11.9 Å². The van der Waals surface area contributed by atoms with Crippen LogP contribution >= 0.6 is 0 Å². The van der Waals surface area contributed by atoms with Gasteiger partial charge < -0.3 is 4.74 Å². The van der Waals surface area contributed by atoms with Gasteiger partial charge in [-0.1, -0.05) is 19.9 Å². The molecule has 0 saturated carbocycles. The molecule has 6 heteroatoms. The molecule has 0 bridgehead atoms. The van der Waals surface area contributed by atoms with Crippen molar-refractivity contribution in [2.45, 2.75) is 32.4 Å². The van der Waals surface area contributed by atoms with Gasteiger partial charge in [0.15, 0.2) is 5.69 Å². The summed E-state index contributed by atoms with van der Waals surface area (Å²) in [5.41, 5.74) is 0.853. The van der Waals surface area contributed by atoms with E-state index in [4.69, 9.17) is 4.74 Å². The maximum Gasteiger partial charge on any atom is 0.435 e. The summed E-state index contributed by atoms with van der Waals surface area (Å²) in [5, 5.41) is 3.72. The fourth-order valence-electron chi connectivity index (χ4n) is 2.26. The number of methoxy groups -OCH3 is 1. The van der Waals surface area contributed by atoms with Crippen LogP contribution in [-0.4, -0.2) is 23.3 Å². The number of hydrogen-bond donors (Lipinski definition) is 0. The normalized spacial score (nSPS) is 12.6. The molecule has 3 nitrogen and oxygen atoms in total. The molecule has 0 atom stereocenters. The molecular weight excluding hydrogens is 269 g/mol. The molecule has 0 saturated heterocycles. The van der Waals surface area contributed by atoms with E-state index >= 15 is 0 Å². The molecule has 2 rings (SSSR count). The summed E-state index contributed by atoms with van der Waals surface area (Å²) in [6, 6.07) is 3.52. The van der Waals surface area contributed by atoms with Gasteiger partial charge in [0.2, 0.25) is 0 Å². The monoisotopic (exact) mass is 286 g/mol. The van der Waals surface area contributed by atoms with Crippen molar-refractivity contribution in [2.75, 3.05) is 13.7 Å². The number of rotatable bonds is 4. The third kappa shape index (κ3) is 2.80. The smallest absolute Gasteiger partial charge is 0.384 e. The van der Waals surface area contributed by atoms with Gasteiger partial charge in [0, 0.05) is 18.9 Å². The highest BCUT2D eigenvalue weighted by molar-refractivity contribution is 5.59. The van der Waals surface area contributed by atoms with Crippen molar-refractivity contribution in [3.05, 3.63) is 35.2 Å². The third-order valence-electron chi connectivity index (χ3n) is 3.17. The van der Waals surface area contributed by atoms with E-state index in [0.717, 1.165) is 5.56 Å². The Morgan fingerprint density at radius 1 is 1.30 bits per heavy atom. The summed E-state index contributed by atoms with van der Waals surface area (Å²) in [7, 11) is 1.59. The molecule has 0 radical (unpaired) electrons. The first-order chi connectivity index (χ1) is 9.34. The first-order valence-electron chi connectivity index (χ1n) is 6.42. The van der Waals surface area contributed by atoms with E-state index in [1.54, 1.807) is 33.2 Å². The summed E-state index contributed by atoms with van der Waals surface area (Å²) in [6.45, 7) is 4.01. The molecule has 0 aliphatic rings. The lowest BCUT2D eigenvalue weighted by Gasteiger charge is -2.09. The van der Waals surface area contributed by atoms with Crippen molar-refractivity contribution in [1.29, 1.82) is 0 Å². The Bertz CT molecular complexity index is 602. The Kier molecular flexibility index (Phi) is 4.04. The van der Waals surface area contributed by atoms with Gasteiger partial charge in [-0.3, -0.25) is 0 Å². The van der Waals surface area contributed by atoms with Crippen LogP contribution in [0.5, 0.6) is 0 Å². The number of alkyl halides is 3. The van der Waals surface area contributed by atoms with Crippen LogP contribution in [-0.2, 0) is 17.3 Å². The lowest BCUT2D eigenvalue weighted by Crippen LogP contribution is -2.09. The highest BCUT2D eigenvalue weighted by atomic mass is 19.4. The Morgan fingerprint density at radius 3 is 2.55 bits per heavy atom. The van der Waals surface area contributed by atoms with E-state index in [2.05, 4.69) is 5.10 Å². The van der Waals surface area contributed by atoms with Gasteiger partial charge in [-0.2, -0.15) is 18.3 Å². The average molecular weight is 286 g/mol. The minimum absolute atomic E-state index is 0.242. The Labute approximate surface area is 115 Å². The molecule has 0 aliphatic heterocycles. The van der Waals surface area contributed by atoms with Gasteiger partial charge >= 0.3 is 6.18 Å². The van der Waals surface area contributed by atoms with Gasteiger partial charge in [-0.15, -0.1) is 0 Å². The van der Waals surface area contributed by atoms with Gasteiger partial charge in [0.25, 0.3) is 0 Å². The Morgan fingerprint density at radius 2 is 2.00 bits per heavy atom. The number of fused-ring (bicyclic) bond motifs is 1. The van der Waals surface area contributed by atoms with Crippen LogP contribution in [0.25, 0.3) is 5.52 Å². The first kappa shape index (κ1) is 14.8. The Hall–Kier alpha value is -1.56. The predicted molar refractivity (Wildman–Crippen MR) is 69.9 cm³/mol. The molecule has 110 valence electrons. The number of aromatic nitrogens is 2. The van der Waals surface area contributed by atoms with Crippen LogP contribution in [0.4, 0.5) is 13.2 Å². The summed E-state index contributed by atoms with van der Waals surface area (Å²) < 4.78 is 45.5. The molecule has 0 N–H and O–H groups in total. The molecule has 20 heavy (non-hydrogen) atoms. The zero-order valence-corrected chi connectivity index (χ0v) is 11.7. The molecule has 0 aromatic carbocycles. The SMILES string of the molecule is COCCc1ccc2c(C(C)C)c(C(F)(F)F)nn2c1. The molecule has 0 spiro atoms. The van der Waals surface area contributed by atoms with E-state index in [0.29, 0.717) is 18.5 Å². The second-order valence-electron chi connectivity index (χ2n) is 5.02. The maximum atomic E-state index is 13.1. The summed E-state index contributed by atoms with van der Waals surface area (Å²) in [6.07, 6.45) is -2.15. The molecular formula is C14H17F3N2O. The quantitative estimate of drug-likeness (QED) is 0.857. The second kappa shape index (κ2) is 5.44. The fourth-order valence-corrected chi connectivity index (χ4v) is 2.26. The van der Waals surface area contributed by atoms with Gasteiger partial charge in [0.05, 0.1) is 12.1 Å². The first-order valence-corrected chi connectivity index (χ1v) is 6.42. The number of hydrogen-bond acceptors (Lipinski definition) is 2. The predicted octanol–water partition coefficient (Wildman–Crippen LogP) is 3.67. The van der Waals surface area contributed by atoms with Crippen molar-refractivity contribution in [3.63, 3.8) is 0 Å². The van der Waals surface area contributed by atoms with Crippen molar-refractivity contribution in [1.82, 2.24) is 9.61 Å². The molecule has 0 fully saturated rings. The molecule has 0 amide bonds. The van der Waals surface area contributed by atoms with E-state index in [1.165, 1.54) is 4.52 Å². The van der Waals surface area contributed by atoms with Gasteiger partial charge in [-0.05, 0) is 24.0 Å². The minimum atomic E-state index is -4.43. The maximum absolute atomic E-state index is 13.1. The minimum Gasteiger partial charge on any atom is -0.384 e. The standard InChI is InChI=1S/C14H17F3N2O/c1-9(2)12-11-5-4-10(6-7-20-3)8-19(11)18-13(12)14(15,16)17/h4-5,8-9H,6-7H2,1-3H3. The number of halogens is 3. The summed E-state index contributed by atoms with van der Waals surface area (Å²) in [5.74, 6) is -0.242. The molecule has 2 aromatic rings. The highest BCUT2D eigenvalue weighted by Crippen LogP contribution is 2.36. The second-order valence-corrected chi connectivity index (χ2v) is 5.02. The zero-order chi connectivity index (χ0) is 14.9. The summed E-state index contributed by atoms with van der Waals surface area (Å²) >= 11 is 0. The number of ether oxygens (including phenoxy) is 1. The van der Waals surface area contributed by atoms with Crippen LogP contribution < -0.4 is 0 Å². The molecule has 0 aliphatic carbocycles. The van der Waals surface area contributed by atoms with E-state index in [-0.39, 0.29) is 11.5 Å². The van der Waals surface area contributed by atoms with Gasteiger partial charge in [0.1, 0.15) is 0 Å². The largest absolute Gasteiger partial charge is 0.435 e. The zero-order valence-electron chi connectivity index (χ0n) is 11.7.